The second kappa shape index (κ2) is 8.66. The fourth-order valence-corrected chi connectivity index (χ4v) is 1.99. The summed E-state index contributed by atoms with van der Waals surface area (Å²) in [6.45, 7) is 4.37. The van der Waals surface area contributed by atoms with Gasteiger partial charge in [-0.1, -0.05) is 0 Å². The Morgan fingerprint density at radius 3 is 2.58 bits per heavy atom. The number of nitrogens with zero attached hydrogens (tertiary/aromatic N) is 1. The molecule has 0 saturated carbocycles. The number of hydrogen-bond acceptors (Lipinski definition) is 5. The highest BCUT2D eigenvalue weighted by Gasteiger charge is 2.13. The molecule has 0 aromatic carbocycles. The molecule has 0 radical (unpaired) electrons. The summed E-state index contributed by atoms with van der Waals surface area (Å²) in [5.74, 6) is -1.68. The zero-order chi connectivity index (χ0) is 14.1. The van der Waals surface area contributed by atoms with E-state index in [2.05, 4.69) is 9.64 Å². The Morgan fingerprint density at radius 1 is 1.32 bits per heavy atom. The van der Waals surface area contributed by atoms with Crippen LogP contribution in [0.4, 0.5) is 0 Å². The van der Waals surface area contributed by atoms with E-state index in [0.717, 1.165) is 51.8 Å². The van der Waals surface area contributed by atoms with Crippen LogP contribution in [0.5, 0.6) is 0 Å². The number of carboxylic acids is 1. The third-order valence-electron chi connectivity index (χ3n) is 3.02. The highest BCUT2D eigenvalue weighted by Crippen LogP contribution is 2.10. The van der Waals surface area contributed by atoms with E-state index in [0.29, 0.717) is 6.42 Å². The van der Waals surface area contributed by atoms with E-state index in [1.807, 2.05) is 0 Å². The van der Waals surface area contributed by atoms with Gasteiger partial charge < -0.3 is 14.6 Å². The molecule has 0 aromatic rings. The van der Waals surface area contributed by atoms with Gasteiger partial charge in [-0.15, -0.1) is 0 Å². The van der Waals surface area contributed by atoms with Crippen LogP contribution in [0.15, 0.2) is 11.6 Å². The van der Waals surface area contributed by atoms with Crippen LogP contribution in [0, 0.1) is 0 Å². The average Bonchev–Trinajstić information content (AvgIpc) is 2.42. The molecule has 6 nitrogen and oxygen atoms in total. The van der Waals surface area contributed by atoms with Crippen LogP contribution >= 0.6 is 0 Å². The van der Waals surface area contributed by atoms with Gasteiger partial charge in [0.25, 0.3) is 0 Å². The summed E-state index contributed by atoms with van der Waals surface area (Å²) in [5.41, 5.74) is 0.219. The van der Waals surface area contributed by atoms with Gasteiger partial charge in [0.2, 0.25) is 0 Å². The maximum atomic E-state index is 11.4. The predicted molar refractivity (Wildman–Crippen MR) is 68.8 cm³/mol. The number of aliphatic carboxylic acids is 1. The molecule has 19 heavy (non-hydrogen) atoms. The molecule has 6 heteroatoms. The lowest BCUT2D eigenvalue weighted by Crippen LogP contribution is -2.36. The van der Waals surface area contributed by atoms with Crippen LogP contribution in [-0.2, 0) is 19.1 Å². The highest BCUT2D eigenvalue weighted by atomic mass is 16.5. The Labute approximate surface area is 113 Å². The molecule has 0 unspecified atom stereocenters. The van der Waals surface area contributed by atoms with Crippen molar-refractivity contribution in [2.75, 3.05) is 40.0 Å². The van der Waals surface area contributed by atoms with E-state index in [4.69, 9.17) is 9.84 Å². The van der Waals surface area contributed by atoms with E-state index >= 15 is 0 Å². The van der Waals surface area contributed by atoms with Crippen LogP contribution in [0.3, 0.4) is 0 Å². The van der Waals surface area contributed by atoms with Crippen LogP contribution in [0.2, 0.25) is 0 Å². The Balaban J connectivity index is 2.28. The number of carbonyl (C=O) groups is 2. The SMILES string of the molecule is COC(=O)C(=CC(=O)O)CCCCN1CCOCC1. The number of unbranched alkanes of at least 4 members (excludes halogenated alkanes) is 1. The van der Waals surface area contributed by atoms with Crippen LogP contribution < -0.4 is 0 Å². The summed E-state index contributed by atoms with van der Waals surface area (Å²) in [7, 11) is 1.26. The third kappa shape index (κ3) is 6.35. The Kier molecular flexibility index (Phi) is 7.14. The Bertz CT molecular complexity index is 334. The number of esters is 1. The molecule has 1 aliphatic heterocycles. The maximum absolute atomic E-state index is 11.4. The first-order valence-corrected chi connectivity index (χ1v) is 6.45. The molecule has 1 N–H and O–H groups in total. The first-order chi connectivity index (χ1) is 9.13. The zero-order valence-electron chi connectivity index (χ0n) is 11.3. The first-order valence-electron chi connectivity index (χ1n) is 6.45. The minimum absolute atomic E-state index is 0.219. The molecular formula is C13H21NO5. The molecule has 108 valence electrons. The number of morpholine rings is 1. The van der Waals surface area contributed by atoms with Gasteiger partial charge in [-0.2, -0.15) is 0 Å². The molecule has 1 rings (SSSR count). The fourth-order valence-electron chi connectivity index (χ4n) is 1.99. The number of rotatable bonds is 7. The lowest BCUT2D eigenvalue weighted by molar-refractivity contribution is -0.137. The van der Waals surface area contributed by atoms with Crippen LogP contribution in [0.1, 0.15) is 19.3 Å². The van der Waals surface area contributed by atoms with E-state index in [-0.39, 0.29) is 5.57 Å². The Morgan fingerprint density at radius 2 is 2.00 bits per heavy atom. The number of carboxylic acid groups (broad SMARTS) is 1. The topological polar surface area (TPSA) is 76.1 Å². The van der Waals surface area contributed by atoms with Crippen molar-refractivity contribution in [1.82, 2.24) is 4.90 Å². The molecule has 0 bridgehead atoms. The summed E-state index contributed by atoms with van der Waals surface area (Å²) in [6.07, 6.45) is 3.06. The van der Waals surface area contributed by atoms with Crippen molar-refractivity contribution in [1.29, 1.82) is 0 Å². The summed E-state index contributed by atoms with van der Waals surface area (Å²) >= 11 is 0. The van der Waals surface area contributed by atoms with Gasteiger partial charge in [-0.25, -0.2) is 9.59 Å². The summed E-state index contributed by atoms with van der Waals surface area (Å²) < 4.78 is 9.82. The lowest BCUT2D eigenvalue weighted by Gasteiger charge is -2.26. The highest BCUT2D eigenvalue weighted by molar-refractivity contribution is 5.95. The monoisotopic (exact) mass is 271 g/mol. The van der Waals surface area contributed by atoms with Crippen molar-refractivity contribution >= 4 is 11.9 Å². The molecule has 0 aliphatic carbocycles. The molecule has 1 saturated heterocycles. The summed E-state index contributed by atoms with van der Waals surface area (Å²) in [6, 6.07) is 0. The molecule has 1 fully saturated rings. The summed E-state index contributed by atoms with van der Waals surface area (Å²) in [4.78, 5) is 24.3. The second-order valence-electron chi connectivity index (χ2n) is 4.41. The van der Waals surface area contributed by atoms with Gasteiger partial charge in [0.15, 0.2) is 0 Å². The largest absolute Gasteiger partial charge is 0.478 e. The van der Waals surface area contributed by atoms with Gasteiger partial charge in [-0.05, 0) is 25.8 Å². The quantitative estimate of drug-likeness (QED) is 0.417. The van der Waals surface area contributed by atoms with Crippen molar-refractivity contribution < 1.29 is 24.2 Å². The van der Waals surface area contributed by atoms with E-state index < -0.39 is 11.9 Å². The van der Waals surface area contributed by atoms with Gasteiger partial charge in [0.1, 0.15) is 0 Å². The van der Waals surface area contributed by atoms with Crippen molar-refractivity contribution in [3.63, 3.8) is 0 Å². The van der Waals surface area contributed by atoms with Crippen molar-refractivity contribution in [3.8, 4) is 0 Å². The molecular weight excluding hydrogens is 250 g/mol. The molecule has 1 aliphatic rings. The molecule has 0 spiro atoms. The average molecular weight is 271 g/mol. The van der Waals surface area contributed by atoms with Gasteiger partial charge in [-0.3, -0.25) is 4.90 Å². The number of methoxy groups -OCH3 is 1. The zero-order valence-corrected chi connectivity index (χ0v) is 11.3. The van der Waals surface area contributed by atoms with Crippen LogP contribution in [0.25, 0.3) is 0 Å². The normalized spacial score (nSPS) is 17.2. The number of hydrogen-bond donors (Lipinski definition) is 1. The van der Waals surface area contributed by atoms with Crippen molar-refractivity contribution in [2.24, 2.45) is 0 Å². The van der Waals surface area contributed by atoms with Crippen LogP contribution in [-0.4, -0.2) is 61.9 Å². The van der Waals surface area contributed by atoms with Gasteiger partial charge in [0, 0.05) is 24.7 Å². The van der Waals surface area contributed by atoms with Gasteiger partial charge in [0.05, 0.1) is 20.3 Å². The Hall–Kier alpha value is -1.40. The molecule has 0 atom stereocenters. The van der Waals surface area contributed by atoms with E-state index in [1.54, 1.807) is 0 Å². The standard InChI is InChI=1S/C13H21NO5/c1-18-13(17)11(10-12(15)16)4-2-3-5-14-6-8-19-9-7-14/h10H,2-9H2,1H3,(H,15,16). The van der Waals surface area contributed by atoms with E-state index in [1.165, 1.54) is 7.11 Å². The third-order valence-corrected chi connectivity index (χ3v) is 3.02. The molecule has 0 amide bonds. The first kappa shape index (κ1) is 15.7. The van der Waals surface area contributed by atoms with Crippen molar-refractivity contribution in [3.05, 3.63) is 11.6 Å². The number of ether oxygens (including phenoxy) is 2. The van der Waals surface area contributed by atoms with E-state index in [9.17, 15) is 9.59 Å². The molecule has 0 aromatic heterocycles. The maximum Gasteiger partial charge on any atom is 0.333 e. The lowest BCUT2D eigenvalue weighted by atomic mass is 10.1. The molecule has 1 heterocycles. The number of carbonyl (C=O) groups excluding carboxylic acids is 1. The minimum atomic E-state index is -1.12. The fraction of sp³-hybridized carbons (Fsp3) is 0.692. The van der Waals surface area contributed by atoms with Gasteiger partial charge >= 0.3 is 11.9 Å². The predicted octanol–water partition coefficient (Wildman–Crippen LogP) is 0.673. The second-order valence-corrected chi connectivity index (χ2v) is 4.41. The summed E-state index contributed by atoms with van der Waals surface area (Å²) in [5, 5.41) is 8.68. The minimum Gasteiger partial charge on any atom is -0.478 e. The van der Waals surface area contributed by atoms with Crippen molar-refractivity contribution in [2.45, 2.75) is 19.3 Å². The smallest absolute Gasteiger partial charge is 0.333 e.